The monoisotopic (exact) mass is 286 g/mol. The first-order valence-electron chi connectivity index (χ1n) is 7.23. The van der Waals surface area contributed by atoms with Gasteiger partial charge in [-0.2, -0.15) is 0 Å². The number of likely N-dealkylation sites (N-methyl/N-ethyl adjacent to an activating group) is 1. The van der Waals surface area contributed by atoms with Gasteiger partial charge in [0.05, 0.1) is 12.2 Å². The molecule has 3 nitrogen and oxygen atoms in total. The Kier molecular flexibility index (Phi) is 3.88. The van der Waals surface area contributed by atoms with Crippen molar-refractivity contribution in [3.63, 3.8) is 0 Å². The molecule has 3 rings (SSSR count). The van der Waals surface area contributed by atoms with E-state index < -0.39 is 0 Å². The van der Waals surface area contributed by atoms with E-state index in [0.29, 0.717) is 23.8 Å². The second kappa shape index (κ2) is 5.82. The molecule has 110 valence electrons. The smallest absolute Gasteiger partial charge is 0.134 e. The number of pyridine rings is 1. The summed E-state index contributed by atoms with van der Waals surface area (Å²) in [5.74, 6) is 0.803. The summed E-state index contributed by atoms with van der Waals surface area (Å²) < 4.78 is 20.2. The molecule has 0 bridgehead atoms. The molecule has 1 atom stereocenters. The number of nitrogens with zero attached hydrogens (tertiary/aromatic N) is 1. The van der Waals surface area contributed by atoms with Crippen LogP contribution in [0.25, 0.3) is 11.1 Å². The van der Waals surface area contributed by atoms with E-state index in [4.69, 9.17) is 4.74 Å². The summed E-state index contributed by atoms with van der Waals surface area (Å²) in [5.41, 5.74) is 3.33. The van der Waals surface area contributed by atoms with Gasteiger partial charge in [0.15, 0.2) is 0 Å². The summed E-state index contributed by atoms with van der Waals surface area (Å²) in [6, 6.07) is 7.12. The fourth-order valence-electron chi connectivity index (χ4n) is 2.94. The minimum absolute atomic E-state index is 0.246. The van der Waals surface area contributed by atoms with Crippen LogP contribution in [0.15, 0.2) is 30.5 Å². The average Bonchev–Trinajstić information content (AvgIpc) is 2.47. The van der Waals surface area contributed by atoms with Gasteiger partial charge < -0.3 is 10.1 Å². The van der Waals surface area contributed by atoms with Gasteiger partial charge in [-0.15, -0.1) is 0 Å². The zero-order chi connectivity index (χ0) is 14.8. The van der Waals surface area contributed by atoms with Crippen molar-refractivity contribution >= 4 is 0 Å². The van der Waals surface area contributed by atoms with E-state index in [-0.39, 0.29) is 5.82 Å². The second-order valence-electron chi connectivity index (χ2n) is 5.42. The molecule has 0 radical (unpaired) electrons. The highest BCUT2D eigenvalue weighted by atomic mass is 19.1. The number of benzene rings is 1. The number of aromatic nitrogens is 1. The van der Waals surface area contributed by atoms with Crippen LogP contribution in [0.4, 0.5) is 4.39 Å². The van der Waals surface area contributed by atoms with E-state index >= 15 is 0 Å². The maximum Gasteiger partial charge on any atom is 0.134 e. The Labute approximate surface area is 124 Å². The Morgan fingerprint density at radius 1 is 1.38 bits per heavy atom. The number of fused-ring (bicyclic) bond motifs is 1. The number of hydrogen-bond acceptors (Lipinski definition) is 3. The SMILES string of the molecule is CNC[C@@H]1CCOc2c1ccc(F)c2-c1ccnc(C)c1. The number of ether oxygens (including phenoxy) is 1. The minimum atomic E-state index is -0.246. The van der Waals surface area contributed by atoms with Gasteiger partial charge in [-0.05, 0) is 49.7 Å². The van der Waals surface area contributed by atoms with Gasteiger partial charge in [0.1, 0.15) is 11.6 Å². The van der Waals surface area contributed by atoms with Crippen molar-refractivity contribution in [3.05, 3.63) is 47.5 Å². The van der Waals surface area contributed by atoms with Crippen LogP contribution < -0.4 is 10.1 Å². The fraction of sp³-hybridized carbons (Fsp3) is 0.353. The van der Waals surface area contributed by atoms with Crippen LogP contribution in [0.3, 0.4) is 0 Å². The summed E-state index contributed by atoms with van der Waals surface area (Å²) >= 11 is 0. The zero-order valence-corrected chi connectivity index (χ0v) is 12.3. The summed E-state index contributed by atoms with van der Waals surface area (Å²) in [6.45, 7) is 3.40. The highest BCUT2D eigenvalue weighted by Gasteiger charge is 2.26. The third kappa shape index (κ3) is 2.63. The Balaban J connectivity index is 2.15. The van der Waals surface area contributed by atoms with Crippen LogP contribution >= 0.6 is 0 Å². The summed E-state index contributed by atoms with van der Waals surface area (Å²) in [6.07, 6.45) is 2.66. The van der Waals surface area contributed by atoms with E-state index in [2.05, 4.69) is 10.3 Å². The molecule has 0 saturated heterocycles. The molecule has 1 N–H and O–H groups in total. The minimum Gasteiger partial charge on any atom is -0.493 e. The molecule has 0 saturated carbocycles. The lowest BCUT2D eigenvalue weighted by molar-refractivity contribution is 0.266. The van der Waals surface area contributed by atoms with Gasteiger partial charge in [0.2, 0.25) is 0 Å². The molecule has 4 heteroatoms. The Hall–Kier alpha value is -1.94. The number of halogens is 1. The first-order valence-corrected chi connectivity index (χ1v) is 7.23. The first kappa shape index (κ1) is 14.0. The lowest BCUT2D eigenvalue weighted by Crippen LogP contribution is -2.24. The molecule has 0 spiro atoms. The van der Waals surface area contributed by atoms with Crippen LogP contribution in [-0.4, -0.2) is 25.2 Å². The molecule has 0 amide bonds. The first-order chi connectivity index (χ1) is 10.2. The van der Waals surface area contributed by atoms with Crippen LogP contribution in [-0.2, 0) is 0 Å². The van der Waals surface area contributed by atoms with Gasteiger partial charge in [-0.1, -0.05) is 6.07 Å². The normalized spacial score (nSPS) is 17.2. The summed E-state index contributed by atoms with van der Waals surface area (Å²) in [4.78, 5) is 4.18. The molecule has 1 aromatic carbocycles. The number of aryl methyl sites for hydroxylation is 1. The van der Waals surface area contributed by atoms with Crippen LogP contribution in [0.2, 0.25) is 0 Å². The van der Waals surface area contributed by atoms with E-state index in [1.165, 1.54) is 0 Å². The average molecular weight is 286 g/mol. The number of nitrogens with one attached hydrogen (secondary N) is 1. The number of hydrogen-bond donors (Lipinski definition) is 1. The van der Waals surface area contributed by atoms with Gasteiger partial charge in [0, 0.05) is 24.4 Å². The summed E-state index contributed by atoms with van der Waals surface area (Å²) in [7, 11) is 1.94. The Bertz CT molecular complexity index is 657. The maximum atomic E-state index is 14.4. The predicted octanol–water partition coefficient (Wildman–Crippen LogP) is 3.28. The highest BCUT2D eigenvalue weighted by Crippen LogP contribution is 2.42. The van der Waals surface area contributed by atoms with E-state index in [9.17, 15) is 4.39 Å². The van der Waals surface area contributed by atoms with Crippen molar-refractivity contribution in [1.29, 1.82) is 0 Å². The van der Waals surface area contributed by atoms with Crippen molar-refractivity contribution < 1.29 is 9.13 Å². The van der Waals surface area contributed by atoms with Crippen LogP contribution in [0.5, 0.6) is 5.75 Å². The lowest BCUT2D eigenvalue weighted by atomic mass is 9.89. The fourth-order valence-corrected chi connectivity index (χ4v) is 2.94. The molecule has 0 aliphatic carbocycles. The molecule has 0 fully saturated rings. The Morgan fingerprint density at radius 2 is 2.24 bits per heavy atom. The molecular weight excluding hydrogens is 267 g/mol. The van der Waals surface area contributed by atoms with E-state index in [1.807, 2.05) is 32.2 Å². The van der Waals surface area contributed by atoms with Crippen LogP contribution in [0.1, 0.15) is 23.6 Å². The number of rotatable bonds is 3. The topological polar surface area (TPSA) is 34.1 Å². The van der Waals surface area contributed by atoms with E-state index in [0.717, 1.165) is 29.8 Å². The van der Waals surface area contributed by atoms with Crippen LogP contribution in [0, 0.1) is 12.7 Å². The molecule has 21 heavy (non-hydrogen) atoms. The predicted molar refractivity (Wildman–Crippen MR) is 81.1 cm³/mol. The Morgan fingerprint density at radius 3 is 3.00 bits per heavy atom. The third-order valence-corrected chi connectivity index (χ3v) is 3.93. The zero-order valence-electron chi connectivity index (χ0n) is 12.3. The molecule has 2 aromatic rings. The van der Waals surface area contributed by atoms with Crippen molar-refractivity contribution in [2.24, 2.45) is 0 Å². The van der Waals surface area contributed by atoms with Crippen molar-refractivity contribution in [3.8, 4) is 16.9 Å². The van der Waals surface area contributed by atoms with Gasteiger partial charge in [0.25, 0.3) is 0 Å². The maximum absolute atomic E-state index is 14.4. The lowest BCUT2D eigenvalue weighted by Gasteiger charge is -2.28. The van der Waals surface area contributed by atoms with Gasteiger partial charge >= 0.3 is 0 Å². The molecule has 0 unspecified atom stereocenters. The highest BCUT2D eigenvalue weighted by molar-refractivity contribution is 5.73. The molecule has 1 aromatic heterocycles. The van der Waals surface area contributed by atoms with Gasteiger partial charge in [-0.3, -0.25) is 4.98 Å². The second-order valence-corrected chi connectivity index (χ2v) is 5.42. The van der Waals surface area contributed by atoms with Crippen molar-refractivity contribution in [1.82, 2.24) is 10.3 Å². The van der Waals surface area contributed by atoms with Crippen molar-refractivity contribution in [2.75, 3.05) is 20.2 Å². The molecular formula is C17H19FN2O. The quantitative estimate of drug-likeness (QED) is 0.940. The molecule has 1 aliphatic rings. The van der Waals surface area contributed by atoms with Gasteiger partial charge in [-0.25, -0.2) is 4.39 Å². The molecule has 2 heterocycles. The molecule has 1 aliphatic heterocycles. The largest absolute Gasteiger partial charge is 0.493 e. The van der Waals surface area contributed by atoms with E-state index in [1.54, 1.807) is 12.3 Å². The standard InChI is InChI=1S/C17H19FN2O/c1-11-9-12(5-7-20-11)16-15(18)4-3-14-13(10-19-2)6-8-21-17(14)16/h3-5,7,9,13,19H,6,8,10H2,1-2H3/t13-/m0/s1. The summed E-state index contributed by atoms with van der Waals surface area (Å²) in [5, 5.41) is 3.20. The third-order valence-electron chi connectivity index (χ3n) is 3.93. The van der Waals surface area contributed by atoms with Crippen molar-refractivity contribution in [2.45, 2.75) is 19.3 Å².